The van der Waals surface area contributed by atoms with Crippen LogP contribution in [-0.4, -0.2) is 28.3 Å². The van der Waals surface area contributed by atoms with Gasteiger partial charge in [-0.05, 0) is 37.7 Å². The lowest BCUT2D eigenvalue weighted by molar-refractivity contribution is -0.384. The van der Waals surface area contributed by atoms with Gasteiger partial charge < -0.3 is 10.6 Å². The molecule has 2 N–H and O–H groups in total. The van der Waals surface area contributed by atoms with Gasteiger partial charge in [-0.3, -0.25) is 14.9 Å². The van der Waals surface area contributed by atoms with Crippen molar-refractivity contribution in [2.75, 3.05) is 12.3 Å². The number of likely N-dealkylation sites (tertiary alicyclic amines) is 1. The number of anilines is 1. The van der Waals surface area contributed by atoms with Gasteiger partial charge in [0.05, 0.1) is 10.5 Å². The van der Waals surface area contributed by atoms with E-state index in [4.69, 9.17) is 5.73 Å². The summed E-state index contributed by atoms with van der Waals surface area (Å²) in [5, 5.41) is 10.9. The van der Waals surface area contributed by atoms with E-state index in [-0.39, 0.29) is 23.2 Å². The number of carbonyl (C=O) groups is 1. The average Bonchev–Trinajstić information content (AvgIpc) is 2.95. The van der Waals surface area contributed by atoms with Crippen molar-refractivity contribution in [2.45, 2.75) is 38.1 Å². The molecule has 2 atom stereocenters. The van der Waals surface area contributed by atoms with Crippen LogP contribution in [0.3, 0.4) is 0 Å². The zero-order valence-corrected chi connectivity index (χ0v) is 11.8. The number of rotatable bonds is 2. The molecule has 0 bridgehead atoms. The molecule has 6 heteroatoms. The number of hydrogen-bond donors (Lipinski definition) is 1. The van der Waals surface area contributed by atoms with Crippen molar-refractivity contribution in [3.05, 3.63) is 33.9 Å². The van der Waals surface area contributed by atoms with E-state index >= 15 is 0 Å². The summed E-state index contributed by atoms with van der Waals surface area (Å²) in [6.07, 6.45) is 5.55. The molecule has 1 aromatic rings. The van der Waals surface area contributed by atoms with E-state index in [2.05, 4.69) is 0 Å². The lowest BCUT2D eigenvalue weighted by atomic mass is 9.91. The van der Waals surface area contributed by atoms with Crippen LogP contribution in [0.1, 0.15) is 42.5 Å². The van der Waals surface area contributed by atoms with Crippen LogP contribution < -0.4 is 5.73 Å². The lowest BCUT2D eigenvalue weighted by Gasteiger charge is -2.38. The first-order valence-electron chi connectivity index (χ1n) is 7.43. The number of nitro benzene ring substituents is 1. The highest BCUT2D eigenvalue weighted by Crippen LogP contribution is 2.38. The molecule has 1 saturated heterocycles. The number of nitro groups is 1. The summed E-state index contributed by atoms with van der Waals surface area (Å²) in [4.78, 5) is 25.0. The molecular formula is C15H19N3O3. The van der Waals surface area contributed by atoms with Crippen molar-refractivity contribution in [1.29, 1.82) is 0 Å². The van der Waals surface area contributed by atoms with Crippen LogP contribution in [0.5, 0.6) is 0 Å². The number of benzene rings is 1. The van der Waals surface area contributed by atoms with E-state index in [0.29, 0.717) is 11.6 Å². The third-order valence-corrected chi connectivity index (χ3v) is 4.73. The third-order valence-electron chi connectivity index (χ3n) is 4.73. The Balaban J connectivity index is 1.90. The van der Waals surface area contributed by atoms with E-state index in [1.54, 1.807) is 0 Å². The van der Waals surface area contributed by atoms with Gasteiger partial charge in [0.15, 0.2) is 0 Å². The van der Waals surface area contributed by atoms with Gasteiger partial charge in [-0.25, -0.2) is 0 Å². The Morgan fingerprint density at radius 3 is 2.81 bits per heavy atom. The molecule has 1 aliphatic carbocycles. The second kappa shape index (κ2) is 5.35. The minimum absolute atomic E-state index is 0.0902. The number of non-ortho nitro benzene ring substituents is 1. The van der Waals surface area contributed by atoms with Gasteiger partial charge in [0.2, 0.25) is 0 Å². The molecule has 3 rings (SSSR count). The van der Waals surface area contributed by atoms with Crippen LogP contribution in [-0.2, 0) is 0 Å². The summed E-state index contributed by atoms with van der Waals surface area (Å²) in [6, 6.07) is 4.36. The maximum atomic E-state index is 12.8. The standard InChI is InChI=1S/C15H19N3O3/c16-13-7-6-11(18(20)21)9-12(13)15(19)17-8-2-4-10-3-1-5-14(10)17/h6-7,9-10,14H,1-5,8,16H2. The molecule has 0 aromatic heterocycles. The van der Waals surface area contributed by atoms with E-state index in [1.807, 2.05) is 4.90 Å². The highest BCUT2D eigenvalue weighted by Gasteiger charge is 2.38. The molecule has 21 heavy (non-hydrogen) atoms. The minimum Gasteiger partial charge on any atom is -0.398 e. The maximum Gasteiger partial charge on any atom is 0.270 e. The van der Waals surface area contributed by atoms with Crippen LogP contribution in [0.4, 0.5) is 11.4 Å². The van der Waals surface area contributed by atoms with Gasteiger partial charge in [-0.1, -0.05) is 6.42 Å². The molecule has 1 saturated carbocycles. The maximum absolute atomic E-state index is 12.8. The van der Waals surface area contributed by atoms with E-state index in [9.17, 15) is 14.9 Å². The first-order chi connectivity index (χ1) is 10.1. The van der Waals surface area contributed by atoms with Crippen LogP contribution in [0.2, 0.25) is 0 Å². The molecule has 1 amide bonds. The molecule has 2 aliphatic rings. The lowest BCUT2D eigenvalue weighted by Crippen LogP contribution is -2.46. The van der Waals surface area contributed by atoms with Crippen molar-refractivity contribution in [3.63, 3.8) is 0 Å². The number of nitrogens with two attached hydrogens (primary N) is 1. The van der Waals surface area contributed by atoms with Crippen molar-refractivity contribution < 1.29 is 9.72 Å². The smallest absolute Gasteiger partial charge is 0.270 e. The average molecular weight is 289 g/mol. The summed E-state index contributed by atoms with van der Waals surface area (Å²) in [7, 11) is 0. The molecule has 1 heterocycles. The van der Waals surface area contributed by atoms with Crippen LogP contribution >= 0.6 is 0 Å². The summed E-state index contributed by atoms with van der Waals surface area (Å²) in [6.45, 7) is 0.724. The summed E-state index contributed by atoms with van der Waals surface area (Å²) in [5.41, 5.74) is 6.35. The zero-order chi connectivity index (χ0) is 15.0. The fraction of sp³-hybridized carbons (Fsp3) is 0.533. The Morgan fingerprint density at radius 2 is 2.05 bits per heavy atom. The molecule has 0 spiro atoms. The van der Waals surface area contributed by atoms with Gasteiger partial charge >= 0.3 is 0 Å². The van der Waals surface area contributed by atoms with E-state index in [1.165, 1.54) is 31.0 Å². The summed E-state index contributed by atoms with van der Waals surface area (Å²) >= 11 is 0. The Bertz CT molecular complexity index is 588. The molecule has 1 aliphatic heterocycles. The fourth-order valence-corrected chi connectivity index (χ4v) is 3.70. The Labute approximate surface area is 123 Å². The van der Waals surface area contributed by atoms with Crippen molar-refractivity contribution in [1.82, 2.24) is 4.90 Å². The highest BCUT2D eigenvalue weighted by molar-refractivity contribution is 6.00. The topological polar surface area (TPSA) is 89.5 Å². The zero-order valence-electron chi connectivity index (χ0n) is 11.8. The number of carbonyl (C=O) groups excluding carboxylic acids is 1. The molecule has 2 unspecified atom stereocenters. The monoisotopic (exact) mass is 289 g/mol. The first-order valence-corrected chi connectivity index (χ1v) is 7.43. The quantitative estimate of drug-likeness (QED) is 0.514. The minimum atomic E-state index is -0.495. The Morgan fingerprint density at radius 1 is 1.29 bits per heavy atom. The number of nitrogens with zero attached hydrogens (tertiary/aromatic N) is 2. The molecule has 0 radical (unpaired) electrons. The summed E-state index contributed by atoms with van der Waals surface area (Å²) in [5.74, 6) is 0.426. The molecule has 2 fully saturated rings. The highest BCUT2D eigenvalue weighted by atomic mass is 16.6. The number of nitrogen functional groups attached to an aromatic ring is 1. The predicted octanol–water partition coefficient (Wildman–Crippen LogP) is 2.58. The molecule has 6 nitrogen and oxygen atoms in total. The normalized spacial score (nSPS) is 24.7. The first kappa shape index (κ1) is 13.9. The van der Waals surface area contributed by atoms with Gasteiger partial charge in [0, 0.05) is 30.4 Å². The second-order valence-electron chi connectivity index (χ2n) is 5.93. The predicted molar refractivity (Wildman–Crippen MR) is 78.9 cm³/mol. The van der Waals surface area contributed by atoms with Crippen LogP contribution in [0, 0.1) is 16.0 Å². The van der Waals surface area contributed by atoms with Crippen molar-refractivity contribution >= 4 is 17.3 Å². The van der Waals surface area contributed by atoms with Crippen molar-refractivity contribution in [3.8, 4) is 0 Å². The van der Waals surface area contributed by atoms with Gasteiger partial charge in [-0.15, -0.1) is 0 Å². The number of hydrogen-bond acceptors (Lipinski definition) is 4. The van der Waals surface area contributed by atoms with Crippen molar-refractivity contribution in [2.24, 2.45) is 5.92 Å². The van der Waals surface area contributed by atoms with Crippen LogP contribution in [0.15, 0.2) is 18.2 Å². The number of piperidine rings is 1. The van der Waals surface area contributed by atoms with Gasteiger partial charge in [-0.2, -0.15) is 0 Å². The number of amides is 1. The molecular weight excluding hydrogens is 270 g/mol. The number of fused-ring (bicyclic) bond motifs is 1. The second-order valence-corrected chi connectivity index (χ2v) is 5.93. The van der Waals surface area contributed by atoms with Gasteiger partial charge in [0.1, 0.15) is 0 Å². The Kier molecular flexibility index (Phi) is 3.53. The van der Waals surface area contributed by atoms with E-state index in [0.717, 1.165) is 25.8 Å². The molecule has 1 aromatic carbocycles. The van der Waals surface area contributed by atoms with Crippen LogP contribution in [0.25, 0.3) is 0 Å². The molecule has 112 valence electrons. The fourth-order valence-electron chi connectivity index (χ4n) is 3.70. The Hall–Kier alpha value is -2.11. The summed E-state index contributed by atoms with van der Waals surface area (Å²) < 4.78 is 0. The largest absolute Gasteiger partial charge is 0.398 e. The van der Waals surface area contributed by atoms with E-state index < -0.39 is 4.92 Å². The SMILES string of the molecule is Nc1ccc([N+](=O)[O-])cc1C(=O)N1CCCC2CCCC21. The van der Waals surface area contributed by atoms with Gasteiger partial charge in [0.25, 0.3) is 11.6 Å². The third kappa shape index (κ3) is 2.46.